The van der Waals surface area contributed by atoms with Gasteiger partial charge < -0.3 is 9.84 Å². The third-order valence-corrected chi connectivity index (χ3v) is 3.98. The van der Waals surface area contributed by atoms with E-state index in [0.717, 1.165) is 12.7 Å². The van der Waals surface area contributed by atoms with Gasteiger partial charge in [0.2, 0.25) is 0 Å². The van der Waals surface area contributed by atoms with Crippen LogP contribution in [0.2, 0.25) is 0 Å². The SMILES string of the molecule is CCCCCCCCCCC[C@H]1O[C@H]1C/C=C\C=CO. The minimum absolute atomic E-state index is 0.437. The zero-order valence-corrected chi connectivity index (χ0v) is 13.1. The Morgan fingerprint density at radius 2 is 1.50 bits per heavy atom. The molecule has 0 saturated carbocycles. The van der Waals surface area contributed by atoms with E-state index in [0.29, 0.717) is 12.2 Å². The highest BCUT2D eigenvalue weighted by Gasteiger charge is 2.36. The Balaban J connectivity index is 1.79. The summed E-state index contributed by atoms with van der Waals surface area (Å²) in [7, 11) is 0. The molecule has 116 valence electrons. The lowest BCUT2D eigenvalue weighted by atomic mass is 10.0. The molecule has 0 aromatic rings. The fourth-order valence-corrected chi connectivity index (χ4v) is 2.64. The number of unbranched alkanes of at least 4 members (excludes halogenated alkanes) is 8. The number of allylic oxidation sites excluding steroid dienone is 2. The van der Waals surface area contributed by atoms with Crippen LogP contribution in [0, 0.1) is 0 Å². The van der Waals surface area contributed by atoms with Gasteiger partial charge in [0.05, 0.1) is 18.5 Å². The van der Waals surface area contributed by atoms with Crippen molar-refractivity contribution in [1.82, 2.24) is 0 Å². The number of hydrogen-bond acceptors (Lipinski definition) is 2. The van der Waals surface area contributed by atoms with E-state index in [9.17, 15) is 0 Å². The quantitative estimate of drug-likeness (QED) is 0.203. The summed E-state index contributed by atoms with van der Waals surface area (Å²) in [5.41, 5.74) is 0. The fourth-order valence-electron chi connectivity index (χ4n) is 2.64. The van der Waals surface area contributed by atoms with E-state index in [2.05, 4.69) is 13.0 Å². The Kier molecular flexibility index (Phi) is 10.4. The molecule has 2 heteroatoms. The molecule has 1 aliphatic rings. The highest BCUT2D eigenvalue weighted by Crippen LogP contribution is 2.30. The minimum Gasteiger partial charge on any atom is -0.516 e. The lowest BCUT2D eigenvalue weighted by Crippen LogP contribution is -1.92. The first-order valence-corrected chi connectivity index (χ1v) is 8.49. The van der Waals surface area contributed by atoms with Crippen molar-refractivity contribution in [3.05, 3.63) is 24.5 Å². The number of ether oxygens (including phenoxy) is 1. The molecule has 0 radical (unpaired) electrons. The zero-order valence-electron chi connectivity index (χ0n) is 13.1. The Morgan fingerprint density at radius 3 is 2.15 bits per heavy atom. The van der Waals surface area contributed by atoms with Crippen molar-refractivity contribution in [2.45, 2.75) is 89.8 Å². The second kappa shape index (κ2) is 12.0. The molecule has 1 saturated heterocycles. The van der Waals surface area contributed by atoms with E-state index >= 15 is 0 Å². The van der Waals surface area contributed by atoms with Crippen molar-refractivity contribution in [3.8, 4) is 0 Å². The van der Waals surface area contributed by atoms with E-state index in [1.807, 2.05) is 6.08 Å². The molecule has 1 rings (SSSR count). The van der Waals surface area contributed by atoms with Crippen molar-refractivity contribution >= 4 is 0 Å². The molecule has 0 aromatic carbocycles. The predicted octanol–water partition coefficient (Wildman–Crippen LogP) is 5.69. The van der Waals surface area contributed by atoms with Gasteiger partial charge in [0.25, 0.3) is 0 Å². The number of epoxide rings is 1. The molecule has 1 fully saturated rings. The molecule has 1 aliphatic heterocycles. The summed E-state index contributed by atoms with van der Waals surface area (Å²) in [5.74, 6) is 0. The Hall–Kier alpha value is -0.760. The van der Waals surface area contributed by atoms with Crippen molar-refractivity contribution in [2.75, 3.05) is 0 Å². The van der Waals surface area contributed by atoms with Crippen molar-refractivity contribution in [3.63, 3.8) is 0 Å². The summed E-state index contributed by atoms with van der Waals surface area (Å²) in [6, 6.07) is 0. The largest absolute Gasteiger partial charge is 0.516 e. The normalized spacial score (nSPS) is 22.1. The van der Waals surface area contributed by atoms with Crippen molar-refractivity contribution in [1.29, 1.82) is 0 Å². The summed E-state index contributed by atoms with van der Waals surface area (Å²) in [6.07, 6.45) is 22.3. The zero-order chi connectivity index (χ0) is 14.5. The van der Waals surface area contributed by atoms with Crippen molar-refractivity contribution in [2.24, 2.45) is 0 Å². The molecule has 2 atom stereocenters. The van der Waals surface area contributed by atoms with E-state index in [1.54, 1.807) is 6.08 Å². The lowest BCUT2D eigenvalue weighted by Gasteiger charge is -2.01. The molecule has 0 aromatic heterocycles. The molecule has 0 spiro atoms. The molecule has 0 unspecified atom stereocenters. The van der Waals surface area contributed by atoms with Crippen LogP contribution < -0.4 is 0 Å². The lowest BCUT2D eigenvalue weighted by molar-refractivity contribution is 0.358. The van der Waals surface area contributed by atoms with Gasteiger partial charge in [-0.1, -0.05) is 76.9 Å². The van der Waals surface area contributed by atoms with E-state index < -0.39 is 0 Å². The van der Waals surface area contributed by atoms with E-state index in [4.69, 9.17) is 9.84 Å². The van der Waals surface area contributed by atoms with Crippen LogP contribution in [0.25, 0.3) is 0 Å². The summed E-state index contributed by atoms with van der Waals surface area (Å²) >= 11 is 0. The second-order valence-corrected chi connectivity index (χ2v) is 5.84. The smallest absolute Gasteiger partial charge is 0.0876 e. The van der Waals surface area contributed by atoms with Crippen molar-refractivity contribution < 1.29 is 9.84 Å². The topological polar surface area (TPSA) is 32.8 Å². The van der Waals surface area contributed by atoms with Gasteiger partial charge in [-0.05, 0) is 18.9 Å². The predicted molar refractivity (Wildman–Crippen MR) is 86.0 cm³/mol. The third kappa shape index (κ3) is 9.19. The maximum Gasteiger partial charge on any atom is 0.0876 e. The van der Waals surface area contributed by atoms with Crippen LogP contribution >= 0.6 is 0 Å². The van der Waals surface area contributed by atoms with E-state index in [-0.39, 0.29) is 0 Å². The van der Waals surface area contributed by atoms with E-state index in [1.165, 1.54) is 64.2 Å². The Bertz CT molecular complexity index is 271. The number of rotatable bonds is 13. The Morgan fingerprint density at radius 1 is 0.850 bits per heavy atom. The van der Waals surface area contributed by atoms with Crippen LogP contribution in [0.1, 0.15) is 77.6 Å². The molecular weight excluding hydrogens is 248 g/mol. The molecule has 0 aliphatic carbocycles. The average molecular weight is 280 g/mol. The fraction of sp³-hybridized carbons (Fsp3) is 0.778. The second-order valence-electron chi connectivity index (χ2n) is 5.84. The molecule has 0 amide bonds. The van der Waals surface area contributed by atoms with Gasteiger partial charge in [-0.2, -0.15) is 0 Å². The average Bonchev–Trinajstić information content (AvgIpc) is 3.20. The highest BCUT2D eigenvalue weighted by molar-refractivity contribution is 5.02. The summed E-state index contributed by atoms with van der Waals surface area (Å²) in [6.45, 7) is 2.27. The Labute approximate surface area is 124 Å². The number of aliphatic hydroxyl groups excluding tert-OH is 1. The van der Waals surface area contributed by atoms with Crippen LogP contribution in [0.4, 0.5) is 0 Å². The molecule has 0 bridgehead atoms. The molecule has 1 N–H and O–H groups in total. The van der Waals surface area contributed by atoms with Gasteiger partial charge in [0.15, 0.2) is 0 Å². The maximum absolute atomic E-state index is 8.48. The minimum atomic E-state index is 0.437. The summed E-state index contributed by atoms with van der Waals surface area (Å²) in [4.78, 5) is 0. The van der Waals surface area contributed by atoms with Crippen LogP contribution in [-0.2, 0) is 4.74 Å². The highest BCUT2D eigenvalue weighted by atomic mass is 16.6. The van der Waals surface area contributed by atoms with Crippen LogP contribution in [0.5, 0.6) is 0 Å². The van der Waals surface area contributed by atoms with Gasteiger partial charge in [-0.15, -0.1) is 0 Å². The number of aliphatic hydroxyl groups is 1. The van der Waals surface area contributed by atoms with Crippen LogP contribution in [0.3, 0.4) is 0 Å². The number of hydrogen-bond donors (Lipinski definition) is 1. The van der Waals surface area contributed by atoms with Gasteiger partial charge in [0.1, 0.15) is 0 Å². The standard InChI is InChI=1S/C18H32O2/c1-2-3-4-5-6-7-8-9-11-14-17-18(20-17)15-12-10-13-16-19/h10,12-13,16-19H,2-9,11,14-15H2,1H3/b12-10-,16-13?/t17-,18+/m1/s1. The summed E-state index contributed by atoms with van der Waals surface area (Å²) in [5, 5.41) is 8.48. The molecule has 2 nitrogen and oxygen atoms in total. The van der Waals surface area contributed by atoms with Crippen LogP contribution in [0.15, 0.2) is 24.5 Å². The first kappa shape index (κ1) is 17.3. The first-order valence-electron chi connectivity index (χ1n) is 8.49. The maximum atomic E-state index is 8.48. The van der Waals surface area contributed by atoms with Crippen LogP contribution in [-0.4, -0.2) is 17.3 Å². The van der Waals surface area contributed by atoms with Gasteiger partial charge in [0, 0.05) is 0 Å². The monoisotopic (exact) mass is 280 g/mol. The van der Waals surface area contributed by atoms with Gasteiger partial charge in [-0.3, -0.25) is 0 Å². The van der Waals surface area contributed by atoms with Gasteiger partial charge in [-0.25, -0.2) is 0 Å². The molecule has 1 heterocycles. The molecule has 20 heavy (non-hydrogen) atoms. The first-order chi connectivity index (χ1) is 9.88. The third-order valence-electron chi connectivity index (χ3n) is 3.98. The van der Waals surface area contributed by atoms with Gasteiger partial charge >= 0.3 is 0 Å². The molecular formula is C18H32O2. The summed E-state index contributed by atoms with van der Waals surface area (Å²) < 4.78 is 5.63.